The van der Waals surface area contributed by atoms with Crippen molar-refractivity contribution >= 4 is 60.2 Å². The maximum absolute atomic E-state index is 10.7. The van der Waals surface area contributed by atoms with Crippen LogP contribution in [0.3, 0.4) is 0 Å². The smallest absolute Gasteiger partial charge is 0.150 e. The minimum Gasteiger partial charge on any atom is -0.298 e. The molecule has 4 heteroatoms. The van der Waals surface area contributed by atoms with Gasteiger partial charge in [0.05, 0.1) is 0 Å². The predicted octanol–water partition coefficient (Wildman–Crippen LogP) is 3.56. The number of carbonyl (C=O) groups excluding carboxylic acids is 1. The average Bonchev–Trinajstić information content (AvgIpc) is 2.33. The van der Waals surface area contributed by atoms with Crippen LogP contribution in [0.2, 0.25) is 0 Å². The fourth-order valence-electron chi connectivity index (χ4n) is 1.30. The van der Waals surface area contributed by atoms with Crippen LogP contribution in [0, 0.1) is 0 Å². The quantitative estimate of drug-likeness (QED) is 0.521. The molecule has 0 N–H and O–H groups in total. The van der Waals surface area contributed by atoms with Gasteiger partial charge in [-0.25, -0.2) is 0 Å². The summed E-state index contributed by atoms with van der Waals surface area (Å²) in [5, 5.41) is 0. The van der Waals surface area contributed by atoms with Gasteiger partial charge in [0.1, 0.15) is 6.29 Å². The average molecular weight is 269 g/mol. The van der Waals surface area contributed by atoms with Crippen molar-refractivity contribution in [2.24, 2.45) is 0 Å². The van der Waals surface area contributed by atoms with E-state index in [1.54, 1.807) is 17.8 Å². The van der Waals surface area contributed by atoms with Crippen molar-refractivity contribution in [3.8, 4) is 0 Å². The van der Waals surface area contributed by atoms with Gasteiger partial charge in [0.2, 0.25) is 0 Å². The Morgan fingerprint density at radius 3 is 2.41 bits per heavy atom. The second-order valence-corrected chi connectivity index (χ2v) is 4.86. The Kier molecular flexibility index (Phi) is 6.38. The van der Waals surface area contributed by atoms with Gasteiger partial charge in [0.15, 0.2) is 0 Å². The van der Waals surface area contributed by atoms with Crippen LogP contribution in [-0.2, 0) is 0 Å². The molecule has 0 heterocycles. The first-order chi connectivity index (χ1) is 7.79. The molecule has 0 saturated carbocycles. The Hall–Kier alpha value is -0.190. The van der Waals surface area contributed by atoms with Gasteiger partial charge in [-0.2, -0.15) is 0 Å². The molecule has 0 saturated heterocycles. The fourth-order valence-corrected chi connectivity index (χ4v) is 2.49. The van der Waals surface area contributed by atoms with Gasteiger partial charge in [0.25, 0.3) is 0 Å². The topological polar surface area (TPSA) is 17.1 Å². The van der Waals surface area contributed by atoms with Crippen LogP contribution in [0.5, 0.6) is 0 Å². The number of aldehydes is 1. The van der Waals surface area contributed by atoms with Crippen LogP contribution >= 0.6 is 24.4 Å². The second-order valence-electron chi connectivity index (χ2n) is 3.26. The zero-order chi connectivity index (χ0) is 11.4. The molecule has 0 aliphatic carbocycles. The molecule has 2 aromatic rings. The van der Waals surface area contributed by atoms with Crippen LogP contribution in [0.15, 0.2) is 63.2 Å². The summed E-state index contributed by atoms with van der Waals surface area (Å²) in [6.07, 6.45) is 0.849. The molecule has 1 radical (unpaired) electrons. The number of hydrogen-bond donors (Lipinski definition) is 1. The van der Waals surface area contributed by atoms with Gasteiger partial charge in [-0.1, -0.05) is 36.0 Å². The van der Waals surface area contributed by atoms with E-state index < -0.39 is 0 Å². The van der Waals surface area contributed by atoms with E-state index >= 15 is 0 Å². The molecule has 0 fully saturated rings. The molecule has 81 valence electrons. The molecule has 0 spiro atoms. The van der Waals surface area contributed by atoms with Crippen molar-refractivity contribution in [3.63, 3.8) is 0 Å². The molecule has 17 heavy (non-hydrogen) atoms. The number of hydrogen-bond acceptors (Lipinski definition) is 3. The van der Waals surface area contributed by atoms with E-state index in [1.807, 2.05) is 42.5 Å². The maximum Gasteiger partial charge on any atom is 0.150 e. The van der Waals surface area contributed by atoms with Crippen molar-refractivity contribution in [2.45, 2.75) is 14.7 Å². The Bertz CT molecular complexity index is 500. The van der Waals surface area contributed by atoms with Crippen LogP contribution in [0.25, 0.3) is 0 Å². The third kappa shape index (κ3) is 4.19. The van der Waals surface area contributed by atoms with Crippen molar-refractivity contribution in [2.75, 3.05) is 0 Å². The molecule has 1 nitrogen and oxygen atoms in total. The molecule has 0 aliphatic heterocycles. The Morgan fingerprint density at radius 1 is 1.06 bits per heavy atom. The van der Waals surface area contributed by atoms with Crippen LogP contribution < -0.4 is 0 Å². The van der Waals surface area contributed by atoms with E-state index in [0.717, 1.165) is 21.0 Å². The normalized spacial score (nSPS) is 9.47. The van der Waals surface area contributed by atoms with E-state index in [0.29, 0.717) is 5.56 Å². The first kappa shape index (κ1) is 14.9. The van der Waals surface area contributed by atoms with E-state index in [-0.39, 0.29) is 29.6 Å². The van der Waals surface area contributed by atoms with Gasteiger partial charge < -0.3 is 0 Å². The van der Waals surface area contributed by atoms with Gasteiger partial charge >= 0.3 is 0 Å². The van der Waals surface area contributed by atoms with E-state index in [9.17, 15) is 4.79 Å². The summed E-state index contributed by atoms with van der Waals surface area (Å²) in [5.41, 5.74) is 0.677. The zero-order valence-corrected chi connectivity index (χ0v) is 13.2. The Morgan fingerprint density at radius 2 is 1.76 bits per heavy atom. The number of rotatable bonds is 3. The minimum atomic E-state index is 0. The number of thiol groups is 1. The summed E-state index contributed by atoms with van der Waals surface area (Å²) in [6.45, 7) is 0. The zero-order valence-electron chi connectivity index (χ0n) is 9.46. The van der Waals surface area contributed by atoms with Gasteiger partial charge in [-0.05, 0) is 24.3 Å². The molecule has 0 amide bonds. The number of carbonyl (C=O) groups is 1. The minimum absolute atomic E-state index is 0. The fraction of sp³-hybridized carbons (Fsp3) is 0. The van der Waals surface area contributed by atoms with Crippen LogP contribution in [0.1, 0.15) is 10.4 Å². The van der Waals surface area contributed by atoms with Gasteiger partial charge in [0, 0.05) is 49.8 Å². The molecule has 2 aromatic carbocycles. The van der Waals surface area contributed by atoms with Crippen molar-refractivity contribution in [1.29, 1.82) is 0 Å². The van der Waals surface area contributed by atoms with Crippen molar-refractivity contribution in [1.82, 2.24) is 0 Å². The van der Waals surface area contributed by atoms with Crippen LogP contribution in [-0.4, -0.2) is 35.8 Å². The summed E-state index contributed by atoms with van der Waals surface area (Å²) in [5.74, 6) is 0. The van der Waals surface area contributed by atoms with E-state index in [2.05, 4.69) is 12.6 Å². The molecule has 0 bridgehead atoms. The van der Waals surface area contributed by atoms with E-state index in [4.69, 9.17) is 0 Å². The van der Waals surface area contributed by atoms with Gasteiger partial charge in [-0.15, -0.1) is 12.6 Å². The third-order valence-electron chi connectivity index (χ3n) is 2.09. The summed E-state index contributed by atoms with van der Waals surface area (Å²) in [4.78, 5) is 13.7. The maximum atomic E-state index is 10.7. The molecule has 0 unspecified atom stereocenters. The third-order valence-corrected chi connectivity index (χ3v) is 3.70. The SMILES string of the molecule is O=Cc1ccc(S)c(Sc2ccccc2)c1.[Na]. The van der Waals surface area contributed by atoms with Crippen molar-refractivity contribution in [3.05, 3.63) is 54.1 Å². The van der Waals surface area contributed by atoms with Crippen molar-refractivity contribution < 1.29 is 4.79 Å². The molecular weight excluding hydrogens is 259 g/mol. The molecule has 0 aromatic heterocycles. The Balaban J connectivity index is 0.00000144. The number of benzene rings is 2. The first-order valence-corrected chi connectivity index (χ1v) is 6.07. The monoisotopic (exact) mass is 269 g/mol. The van der Waals surface area contributed by atoms with Gasteiger partial charge in [-0.3, -0.25) is 4.79 Å². The molecule has 0 atom stereocenters. The second kappa shape index (κ2) is 7.29. The summed E-state index contributed by atoms with van der Waals surface area (Å²) in [6, 6.07) is 15.5. The predicted molar refractivity (Wildman–Crippen MR) is 75.4 cm³/mol. The molecule has 2 rings (SSSR count). The molecular formula is C13H10NaOS2. The first-order valence-electron chi connectivity index (χ1n) is 4.80. The Labute approximate surface area is 133 Å². The van der Waals surface area contributed by atoms with Crippen LogP contribution in [0.4, 0.5) is 0 Å². The summed E-state index contributed by atoms with van der Waals surface area (Å²) < 4.78 is 0. The summed E-state index contributed by atoms with van der Waals surface area (Å²) >= 11 is 5.99. The standard InChI is InChI=1S/C13H10OS2.Na/c14-9-10-6-7-12(15)13(8-10)16-11-4-2-1-3-5-11;/h1-9,15H;. The van der Waals surface area contributed by atoms with E-state index in [1.165, 1.54) is 0 Å². The molecule has 0 aliphatic rings. The summed E-state index contributed by atoms with van der Waals surface area (Å²) in [7, 11) is 0. The largest absolute Gasteiger partial charge is 0.298 e.